The van der Waals surface area contributed by atoms with E-state index in [1.807, 2.05) is 0 Å². The minimum absolute atomic E-state index is 0. The predicted octanol–water partition coefficient (Wildman–Crippen LogP) is 4.27. The second-order valence-corrected chi connectivity index (χ2v) is 5.38. The molecule has 0 N–H and O–H groups in total. The van der Waals surface area contributed by atoms with Crippen LogP contribution >= 0.6 is 0 Å². The van der Waals surface area contributed by atoms with E-state index in [0.29, 0.717) is 0 Å². The second kappa shape index (κ2) is 100. The van der Waals surface area contributed by atoms with E-state index in [-0.39, 0.29) is 785 Å². The summed E-state index contributed by atoms with van der Waals surface area (Å²) in [5.74, 6) is 0. The van der Waals surface area contributed by atoms with Crippen molar-refractivity contribution in [3.63, 3.8) is 0 Å². The summed E-state index contributed by atoms with van der Waals surface area (Å²) in [7, 11) is 0. The van der Waals surface area contributed by atoms with Gasteiger partial charge in [-0.05, 0) is 0 Å². The molecule has 0 atom stereocenters. The van der Waals surface area contributed by atoms with Crippen molar-refractivity contribution in [2.75, 3.05) is 0 Å². The molecule has 0 aliphatic carbocycles. The molecule has 0 aliphatic rings. The molecular formula is C19H20Y24-4. The Balaban J connectivity index is -0.00000000794. The molecule has 0 saturated heterocycles. The topological polar surface area (TPSA) is 0 Å². The number of hydrogen-bond acceptors (Lipinski definition) is 0. The zero-order valence-corrected chi connectivity index (χ0v) is 94.7. The van der Waals surface area contributed by atoms with Crippen LogP contribution in [0.5, 0.6) is 0 Å². The maximum absolute atomic E-state index is 3.47. The van der Waals surface area contributed by atoms with E-state index in [0.717, 1.165) is 12.0 Å². The van der Waals surface area contributed by atoms with Crippen LogP contribution in [-0.4, -0.2) is 0 Å². The first-order valence-corrected chi connectivity index (χ1v) is 6.71. The van der Waals surface area contributed by atoms with Gasteiger partial charge in [-0.25, -0.2) is 0 Å². The molecule has 43 heavy (non-hydrogen) atoms. The van der Waals surface area contributed by atoms with Crippen molar-refractivity contribution in [2.45, 2.75) is 48.0 Å². The van der Waals surface area contributed by atoms with Crippen LogP contribution in [0.25, 0.3) is 0 Å². The summed E-state index contributed by atoms with van der Waals surface area (Å²) in [6.07, 6.45) is 0.839. The van der Waals surface area contributed by atoms with E-state index >= 15 is 0 Å². The van der Waals surface area contributed by atoms with Crippen molar-refractivity contribution >= 4 is 0 Å². The average Bonchev–Trinajstić information content (AvgIpc) is 2.33. The smallest absolute Gasteiger partial charge is 0 e. The maximum Gasteiger partial charge on any atom is 0 e. The average molecular weight is 2380 g/mol. The Morgan fingerprint density at radius 2 is 0.512 bits per heavy atom. The minimum atomic E-state index is 0. The summed E-state index contributed by atoms with van der Waals surface area (Å²) >= 11 is 0. The summed E-state index contributed by atoms with van der Waals surface area (Å²) in [6.45, 7) is 12.6. The Morgan fingerprint density at radius 3 is 0.767 bits per heavy atom. The molecule has 2 aromatic rings. The van der Waals surface area contributed by atoms with Gasteiger partial charge >= 0.3 is 0 Å². The van der Waals surface area contributed by atoms with E-state index in [4.69, 9.17) is 0 Å². The van der Waals surface area contributed by atoms with Gasteiger partial charge in [-0.3, -0.25) is 38.9 Å². The van der Waals surface area contributed by atoms with E-state index < -0.39 is 0 Å². The molecule has 0 fully saturated rings. The zero-order valence-electron chi connectivity index (χ0n) is 26.6. The fraction of sp³-hybridized carbons (Fsp3) is 0.368. The molecule has 0 aromatic heterocycles. The van der Waals surface area contributed by atoms with Crippen molar-refractivity contribution in [2.24, 2.45) is 0 Å². The van der Waals surface area contributed by atoms with Crippen LogP contribution in [0.2, 0.25) is 0 Å². The Kier molecular flexibility index (Phi) is 351. The van der Waals surface area contributed by atoms with Crippen molar-refractivity contribution in [1.82, 2.24) is 0 Å². The van der Waals surface area contributed by atoms with Crippen LogP contribution in [0.1, 0.15) is 44.5 Å². The van der Waals surface area contributed by atoms with Gasteiger partial charge in [-0.1, -0.05) is 13.8 Å². The molecule has 0 spiro atoms. The standard InChI is InChI=1S/C19H20.24Y/c1-12-7-16(5)19(10-13(12)2)11-18-8-14(3)17(6)15(4)9-18;;;;;;;;;;;;;;;;;;;;;;;;/h11H2,1-6H3;;;;;;;;;;;;;;;;;;;;;;;;/q-4;;;;;;;;;;;;;;;;;;;;;;;;. The Hall–Kier alpha value is 24.9. The monoisotopic (exact) mass is 2380 g/mol. The van der Waals surface area contributed by atoms with Gasteiger partial charge in [0.25, 0.3) is 0 Å². The van der Waals surface area contributed by atoms with E-state index in [9.17, 15) is 0 Å². The fourth-order valence-corrected chi connectivity index (χ4v) is 2.26. The van der Waals surface area contributed by atoms with Crippen LogP contribution in [-0.2, 0) is 791 Å². The van der Waals surface area contributed by atoms with Gasteiger partial charge in [0, 0.05) is 785 Å². The van der Waals surface area contributed by atoms with Gasteiger partial charge in [0.15, 0.2) is 0 Å². The molecule has 172 valence electrons. The Labute approximate surface area is 870 Å². The summed E-state index contributed by atoms with van der Waals surface area (Å²) in [4.78, 5) is 0. The first kappa shape index (κ1) is 151. The quantitative estimate of drug-likeness (QED) is 0.395. The Bertz CT molecular complexity index is 638. The zero-order chi connectivity index (χ0) is 14.2. The van der Waals surface area contributed by atoms with E-state index in [1.54, 1.807) is 0 Å². The third-order valence-electron chi connectivity index (χ3n) is 3.88. The fourth-order valence-electron chi connectivity index (χ4n) is 2.26. The first-order valence-electron chi connectivity index (χ1n) is 6.71. The van der Waals surface area contributed by atoms with Crippen LogP contribution in [0.3, 0.4) is 0 Å². The normalized spacial score (nSPS) is 4.79. The molecule has 0 nitrogen and oxygen atoms in total. The van der Waals surface area contributed by atoms with Crippen molar-refractivity contribution in [3.8, 4) is 0 Å². The summed E-state index contributed by atoms with van der Waals surface area (Å²) in [6, 6.07) is 13.8. The summed E-state index contributed by atoms with van der Waals surface area (Å²) < 4.78 is 0. The molecule has 0 amide bonds. The number of benzene rings is 2. The molecule has 0 heterocycles. The van der Waals surface area contributed by atoms with Gasteiger partial charge in [0.2, 0.25) is 0 Å². The SMILES string of the molecule is Cc1[c-]c(C)c(Cc2[c-]c(C)c(C)c(C)[c-]2)[c-]c1C.[Y].[Y].[Y].[Y].[Y].[Y].[Y].[Y].[Y].[Y].[Y].[Y].[Y].[Y].[Y].[Y].[Y].[Y].[Y].[Y].[Y].[Y].[Y].[Y]. The third-order valence-corrected chi connectivity index (χ3v) is 3.88. The number of hydrogen-bond donors (Lipinski definition) is 0. The Morgan fingerprint density at radius 1 is 0.279 bits per heavy atom. The summed E-state index contributed by atoms with van der Waals surface area (Å²) in [5.41, 5.74) is 9.60. The molecular weight excluding hydrogens is 2360 g/mol. The molecule has 2 aromatic carbocycles. The molecule has 0 aliphatic heterocycles. The van der Waals surface area contributed by atoms with Gasteiger partial charge < -0.3 is 29.8 Å². The van der Waals surface area contributed by atoms with E-state index in [1.165, 1.54) is 38.9 Å². The number of rotatable bonds is 2. The third kappa shape index (κ3) is 76.0. The largest absolute Gasteiger partial charge is 0.353 e. The van der Waals surface area contributed by atoms with Crippen LogP contribution in [0.15, 0.2) is 0 Å². The molecule has 24 heteroatoms. The van der Waals surface area contributed by atoms with Gasteiger partial charge in [-0.15, -0.1) is 34.1 Å². The minimum Gasteiger partial charge on any atom is -0.353 e. The van der Waals surface area contributed by atoms with Crippen molar-refractivity contribution < 1.29 is 785 Å². The predicted molar refractivity (Wildman–Crippen MR) is 79.5 cm³/mol. The van der Waals surface area contributed by atoms with Crippen LogP contribution in [0, 0.1) is 65.8 Å². The van der Waals surface area contributed by atoms with Gasteiger partial charge in [0.05, 0.1) is 0 Å². The summed E-state index contributed by atoms with van der Waals surface area (Å²) in [5, 5.41) is 0. The first-order chi connectivity index (χ1) is 8.88. The molecule has 0 bridgehead atoms. The van der Waals surface area contributed by atoms with Crippen LogP contribution in [0.4, 0.5) is 0 Å². The van der Waals surface area contributed by atoms with Crippen molar-refractivity contribution in [1.29, 1.82) is 0 Å². The van der Waals surface area contributed by atoms with Crippen LogP contribution < -0.4 is 0 Å². The second-order valence-electron chi connectivity index (χ2n) is 5.38. The van der Waals surface area contributed by atoms with E-state index in [2.05, 4.69) is 65.8 Å². The van der Waals surface area contributed by atoms with Gasteiger partial charge in [-0.2, -0.15) is 0 Å². The number of aryl methyl sites for hydroxylation is 5. The van der Waals surface area contributed by atoms with Crippen molar-refractivity contribution in [3.05, 3.63) is 68.8 Å². The maximum atomic E-state index is 3.47. The molecule has 0 saturated carbocycles. The molecule has 0 unspecified atom stereocenters. The molecule has 2 rings (SSSR count). The van der Waals surface area contributed by atoms with Gasteiger partial charge in [0.1, 0.15) is 0 Å². The molecule has 24 radical (unpaired) electrons.